The molecule has 17 heavy (non-hydrogen) atoms. The molecule has 0 radical (unpaired) electrons. The molecule has 1 aromatic rings. The summed E-state index contributed by atoms with van der Waals surface area (Å²) < 4.78 is 14.4. The van der Waals surface area contributed by atoms with Gasteiger partial charge < -0.3 is 0 Å². The zero-order valence-corrected chi connectivity index (χ0v) is 12.5. The predicted octanol–water partition coefficient (Wildman–Crippen LogP) is 5.50. The van der Waals surface area contributed by atoms with Crippen LogP contribution in [0.25, 0.3) is 0 Å². The van der Waals surface area contributed by atoms with E-state index in [2.05, 4.69) is 35.6 Å². The average molecular weight is 346 g/mol. The Morgan fingerprint density at radius 1 is 1.29 bits per heavy atom. The van der Waals surface area contributed by atoms with E-state index in [0.29, 0.717) is 5.92 Å². The zero-order valence-electron chi connectivity index (χ0n) is 10.4. The van der Waals surface area contributed by atoms with Crippen molar-refractivity contribution in [2.24, 2.45) is 5.92 Å². The van der Waals surface area contributed by atoms with Crippen LogP contribution in [0.15, 0.2) is 18.2 Å². The number of hydrogen-bond donors (Lipinski definition) is 0. The summed E-state index contributed by atoms with van der Waals surface area (Å²) in [4.78, 5) is 0. The minimum atomic E-state index is -0.0580. The first kappa shape index (κ1) is 13.3. The highest BCUT2D eigenvalue weighted by molar-refractivity contribution is 14.1. The lowest BCUT2D eigenvalue weighted by Crippen LogP contribution is -2.16. The molecule has 0 heterocycles. The van der Waals surface area contributed by atoms with Crippen LogP contribution in [0, 0.1) is 15.3 Å². The second-order valence-corrected chi connectivity index (χ2v) is 6.25. The molecule has 0 amide bonds. The van der Waals surface area contributed by atoms with Crippen LogP contribution in [0.4, 0.5) is 4.39 Å². The summed E-state index contributed by atoms with van der Waals surface area (Å²) >= 11 is 2.06. The van der Waals surface area contributed by atoms with Crippen LogP contribution >= 0.6 is 22.6 Å². The van der Waals surface area contributed by atoms with Gasteiger partial charge in [0.05, 0.1) is 0 Å². The van der Waals surface area contributed by atoms with Gasteiger partial charge in [0.25, 0.3) is 0 Å². The standard InChI is InChI=1S/C15H20FI/c1-2-13(11-6-4-3-5-7-11)12-8-9-15(17)14(16)10-12/h8-11,13H,2-7H2,1H3. The Labute approximate surface area is 117 Å². The molecule has 1 aliphatic rings. The van der Waals surface area contributed by atoms with Gasteiger partial charge in [-0.1, -0.05) is 32.3 Å². The molecule has 94 valence electrons. The molecule has 0 nitrogen and oxygen atoms in total. The predicted molar refractivity (Wildman–Crippen MR) is 78.7 cm³/mol. The summed E-state index contributed by atoms with van der Waals surface area (Å²) in [7, 11) is 0. The Hall–Kier alpha value is -0.120. The largest absolute Gasteiger partial charge is 0.206 e. The molecule has 1 saturated carbocycles. The second kappa shape index (κ2) is 6.17. The second-order valence-electron chi connectivity index (χ2n) is 5.09. The van der Waals surface area contributed by atoms with Gasteiger partial charge in [0.2, 0.25) is 0 Å². The zero-order chi connectivity index (χ0) is 12.3. The molecular weight excluding hydrogens is 326 g/mol. The van der Waals surface area contributed by atoms with Crippen molar-refractivity contribution in [2.75, 3.05) is 0 Å². The fraction of sp³-hybridized carbons (Fsp3) is 0.600. The van der Waals surface area contributed by atoms with E-state index in [9.17, 15) is 4.39 Å². The monoisotopic (exact) mass is 346 g/mol. The molecule has 0 aliphatic heterocycles. The van der Waals surface area contributed by atoms with Crippen molar-refractivity contribution in [3.63, 3.8) is 0 Å². The third-order valence-corrected chi connectivity index (χ3v) is 4.91. The Balaban J connectivity index is 2.18. The number of rotatable bonds is 3. The van der Waals surface area contributed by atoms with Gasteiger partial charge in [0.1, 0.15) is 5.82 Å². The summed E-state index contributed by atoms with van der Waals surface area (Å²) in [6.45, 7) is 2.23. The van der Waals surface area contributed by atoms with Crippen LogP contribution in [0.5, 0.6) is 0 Å². The SMILES string of the molecule is CCC(c1ccc(I)c(F)c1)C1CCCCC1. The highest BCUT2D eigenvalue weighted by atomic mass is 127. The minimum absolute atomic E-state index is 0.0580. The molecule has 1 aliphatic carbocycles. The van der Waals surface area contributed by atoms with Crippen LogP contribution in [0.1, 0.15) is 56.9 Å². The van der Waals surface area contributed by atoms with Crippen molar-refractivity contribution in [1.29, 1.82) is 0 Å². The molecule has 2 rings (SSSR count). The van der Waals surface area contributed by atoms with Crippen molar-refractivity contribution in [3.05, 3.63) is 33.1 Å². The van der Waals surface area contributed by atoms with E-state index in [1.54, 1.807) is 6.07 Å². The summed E-state index contributed by atoms with van der Waals surface area (Å²) in [6, 6.07) is 5.79. The number of benzene rings is 1. The van der Waals surface area contributed by atoms with E-state index in [-0.39, 0.29) is 5.82 Å². The lowest BCUT2D eigenvalue weighted by atomic mass is 9.75. The van der Waals surface area contributed by atoms with E-state index >= 15 is 0 Å². The van der Waals surface area contributed by atoms with Crippen molar-refractivity contribution in [1.82, 2.24) is 0 Å². The Morgan fingerprint density at radius 3 is 2.59 bits per heavy atom. The van der Waals surface area contributed by atoms with E-state index in [1.807, 2.05) is 6.07 Å². The summed E-state index contributed by atoms with van der Waals surface area (Å²) in [5.41, 5.74) is 1.21. The van der Waals surface area contributed by atoms with Gasteiger partial charge in [-0.3, -0.25) is 0 Å². The van der Waals surface area contributed by atoms with Crippen LogP contribution in [0.3, 0.4) is 0 Å². The topological polar surface area (TPSA) is 0 Å². The minimum Gasteiger partial charge on any atom is -0.206 e. The Kier molecular flexibility index (Phi) is 4.83. The van der Waals surface area contributed by atoms with Crippen molar-refractivity contribution in [2.45, 2.75) is 51.4 Å². The van der Waals surface area contributed by atoms with Gasteiger partial charge >= 0.3 is 0 Å². The van der Waals surface area contributed by atoms with Crippen LogP contribution in [-0.2, 0) is 0 Å². The van der Waals surface area contributed by atoms with Crippen LogP contribution in [-0.4, -0.2) is 0 Å². The number of halogens is 2. The van der Waals surface area contributed by atoms with E-state index in [4.69, 9.17) is 0 Å². The molecule has 0 N–H and O–H groups in total. The lowest BCUT2D eigenvalue weighted by Gasteiger charge is -2.30. The summed E-state index contributed by atoms with van der Waals surface area (Å²) in [5, 5.41) is 0. The fourth-order valence-corrected chi connectivity index (χ4v) is 3.46. The average Bonchev–Trinajstić information content (AvgIpc) is 2.36. The molecule has 0 aromatic heterocycles. The molecule has 1 fully saturated rings. The third kappa shape index (κ3) is 3.21. The summed E-state index contributed by atoms with van der Waals surface area (Å²) in [6.07, 6.45) is 7.87. The van der Waals surface area contributed by atoms with Gasteiger partial charge in [-0.15, -0.1) is 0 Å². The van der Waals surface area contributed by atoms with E-state index in [1.165, 1.54) is 37.7 Å². The molecule has 2 heteroatoms. The molecule has 1 unspecified atom stereocenters. The van der Waals surface area contributed by atoms with Gasteiger partial charge in [-0.2, -0.15) is 0 Å². The molecule has 1 aromatic carbocycles. The quantitative estimate of drug-likeness (QED) is 0.634. The Bertz CT molecular complexity index is 369. The van der Waals surface area contributed by atoms with E-state index < -0.39 is 0 Å². The normalized spacial score (nSPS) is 19.2. The first-order valence-corrected chi connectivity index (χ1v) is 7.75. The van der Waals surface area contributed by atoms with Gasteiger partial charge in [0, 0.05) is 3.57 Å². The number of hydrogen-bond acceptors (Lipinski definition) is 0. The summed E-state index contributed by atoms with van der Waals surface area (Å²) in [5.74, 6) is 1.27. The van der Waals surface area contributed by atoms with Crippen molar-refractivity contribution >= 4 is 22.6 Å². The maximum Gasteiger partial charge on any atom is 0.136 e. The molecule has 0 spiro atoms. The Morgan fingerprint density at radius 2 is 2.00 bits per heavy atom. The fourth-order valence-electron chi connectivity index (χ4n) is 3.12. The first-order chi connectivity index (χ1) is 8.22. The van der Waals surface area contributed by atoms with Gasteiger partial charge in [0.15, 0.2) is 0 Å². The highest BCUT2D eigenvalue weighted by Gasteiger charge is 2.24. The molecule has 0 bridgehead atoms. The highest BCUT2D eigenvalue weighted by Crippen LogP contribution is 2.38. The first-order valence-electron chi connectivity index (χ1n) is 6.67. The smallest absolute Gasteiger partial charge is 0.136 e. The van der Waals surface area contributed by atoms with Crippen LogP contribution in [0.2, 0.25) is 0 Å². The third-order valence-electron chi connectivity index (χ3n) is 4.03. The van der Waals surface area contributed by atoms with Crippen LogP contribution < -0.4 is 0 Å². The maximum absolute atomic E-state index is 13.6. The molecule has 1 atom stereocenters. The van der Waals surface area contributed by atoms with Gasteiger partial charge in [-0.05, 0) is 71.4 Å². The maximum atomic E-state index is 13.6. The van der Waals surface area contributed by atoms with Gasteiger partial charge in [-0.25, -0.2) is 4.39 Å². The van der Waals surface area contributed by atoms with E-state index in [0.717, 1.165) is 15.9 Å². The van der Waals surface area contributed by atoms with Crippen molar-refractivity contribution in [3.8, 4) is 0 Å². The molecule has 0 saturated heterocycles. The molecular formula is C15H20FI. The lowest BCUT2D eigenvalue weighted by molar-refractivity contribution is 0.298. The van der Waals surface area contributed by atoms with Crippen molar-refractivity contribution < 1.29 is 4.39 Å².